The number of nitrogens with two attached hydrogens (primary N) is 1. The normalized spacial score (nSPS) is 12.1. The Hall–Kier alpha value is -1.24. The van der Waals surface area contributed by atoms with Gasteiger partial charge in [-0.25, -0.2) is 0 Å². The van der Waals surface area contributed by atoms with Gasteiger partial charge in [0.2, 0.25) is 0 Å². The van der Waals surface area contributed by atoms with Gasteiger partial charge >= 0.3 is 6.18 Å². The van der Waals surface area contributed by atoms with Crippen LogP contribution in [0.2, 0.25) is 0 Å². The van der Waals surface area contributed by atoms with E-state index >= 15 is 0 Å². The second-order valence-corrected chi connectivity index (χ2v) is 3.83. The molecule has 0 aliphatic carbocycles. The number of rotatable bonds is 5. The molecule has 0 radical (unpaired) electrons. The van der Waals surface area contributed by atoms with Crippen molar-refractivity contribution in [2.75, 3.05) is 18.9 Å². The number of hydrogen-bond acceptors (Lipinski definition) is 3. The minimum absolute atomic E-state index is 0.0533. The molecule has 0 fully saturated rings. The fourth-order valence-corrected chi connectivity index (χ4v) is 1.43. The Morgan fingerprint density at radius 1 is 1.35 bits per heavy atom. The summed E-state index contributed by atoms with van der Waals surface area (Å²) < 4.78 is 41.5. The molecule has 0 saturated heterocycles. The average molecular weight is 251 g/mol. The van der Waals surface area contributed by atoms with Crippen LogP contribution >= 0.6 is 0 Å². The highest BCUT2D eigenvalue weighted by molar-refractivity contribution is 5.46. The van der Waals surface area contributed by atoms with E-state index in [1.165, 1.54) is 0 Å². The number of nitrogens with zero attached hydrogens (tertiary/aromatic N) is 2. The summed E-state index contributed by atoms with van der Waals surface area (Å²) in [4.78, 5) is 0. The number of anilines is 1. The maximum Gasteiger partial charge on any atom is 0.411 e. The average Bonchev–Trinajstić information content (AvgIpc) is 2.44. The zero-order chi connectivity index (χ0) is 13.1. The quantitative estimate of drug-likeness (QED) is 0.815. The number of ether oxygens (including phenoxy) is 1. The molecule has 0 unspecified atom stereocenters. The smallest absolute Gasteiger partial charge is 0.396 e. The van der Waals surface area contributed by atoms with Crippen molar-refractivity contribution in [2.24, 2.45) is 0 Å². The molecular formula is C10H16F3N3O. The number of aromatic nitrogens is 2. The third kappa shape index (κ3) is 4.26. The molecular weight excluding hydrogens is 235 g/mol. The largest absolute Gasteiger partial charge is 0.411 e. The molecule has 0 bridgehead atoms. The first kappa shape index (κ1) is 13.8. The van der Waals surface area contributed by atoms with Crippen LogP contribution in [0.4, 0.5) is 18.9 Å². The molecule has 7 heteroatoms. The van der Waals surface area contributed by atoms with E-state index in [0.29, 0.717) is 18.7 Å². The van der Waals surface area contributed by atoms with Crippen LogP contribution in [0.25, 0.3) is 0 Å². The Bertz CT molecular complexity index is 374. The van der Waals surface area contributed by atoms with E-state index in [1.54, 1.807) is 11.6 Å². The third-order valence-electron chi connectivity index (χ3n) is 2.36. The SMILES string of the molecule is Cc1nn(CCCOCC(F)(F)F)c(C)c1N. The topological polar surface area (TPSA) is 53.1 Å². The molecule has 1 heterocycles. The second kappa shape index (κ2) is 5.39. The van der Waals surface area contributed by atoms with Gasteiger partial charge in [0, 0.05) is 13.2 Å². The molecule has 4 nitrogen and oxygen atoms in total. The van der Waals surface area contributed by atoms with Crippen molar-refractivity contribution < 1.29 is 17.9 Å². The highest BCUT2D eigenvalue weighted by Gasteiger charge is 2.27. The van der Waals surface area contributed by atoms with E-state index < -0.39 is 12.8 Å². The number of aryl methyl sites for hydroxylation is 2. The van der Waals surface area contributed by atoms with Crippen LogP contribution in [-0.4, -0.2) is 29.2 Å². The molecule has 0 aliphatic rings. The predicted molar refractivity (Wildman–Crippen MR) is 57.6 cm³/mol. The van der Waals surface area contributed by atoms with E-state index in [9.17, 15) is 13.2 Å². The van der Waals surface area contributed by atoms with Gasteiger partial charge in [0.15, 0.2) is 0 Å². The first-order valence-corrected chi connectivity index (χ1v) is 5.25. The zero-order valence-corrected chi connectivity index (χ0v) is 9.84. The zero-order valence-electron chi connectivity index (χ0n) is 9.84. The molecule has 98 valence electrons. The van der Waals surface area contributed by atoms with Crippen LogP contribution in [0, 0.1) is 13.8 Å². The van der Waals surface area contributed by atoms with Gasteiger partial charge in [-0.1, -0.05) is 0 Å². The van der Waals surface area contributed by atoms with Gasteiger partial charge < -0.3 is 10.5 Å². The Labute approximate surface area is 97.5 Å². The number of halogens is 3. The van der Waals surface area contributed by atoms with Crippen LogP contribution < -0.4 is 5.73 Å². The van der Waals surface area contributed by atoms with Gasteiger partial charge in [-0.15, -0.1) is 0 Å². The Morgan fingerprint density at radius 3 is 2.47 bits per heavy atom. The van der Waals surface area contributed by atoms with Crippen molar-refractivity contribution in [1.82, 2.24) is 9.78 Å². The summed E-state index contributed by atoms with van der Waals surface area (Å²) in [6.07, 6.45) is -3.79. The lowest BCUT2D eigenvalue weighted by atomic mass is 10.3. The van der Waals surface area contributed by atoms with Crippen molar-refractivity contribution in [3.05, 3.63) is 11.4 Å². The van der Waals surface area contributed by atoms with Crippen LogP contribution in [0.1, 0.15) is 17.8 Å². The van der Waals surface area contributed by atoms with Gasteiger partial charge in [-0.3, -0.25) is 4.68 Å². The molecule has 0 aliphatic heterocycles. The molecule has 0 amide bonds. The summed E-state index contributed by atoms with van der Waals surface area (Å²) >= 11 is 0. The second-order valence-electron chi connectivity index (χ2n) is 3.83. The Kier molecular flexibility index (Phi) is 4.39. The predicted octanol–water partition coefficient (Wildman–Crippen LogP) is 2.05. The van der Waals surface area contributed by atoms with E-state index in [4.69, 9.17) is 5.73 Å². The summed E-state index contributed by atoms with van der Waals surface area (Å²) in [7, 11) is 0. The molecule has 0 spiro atoms. The van der Waals surface area contributed by atoms with Gasteiger partial charge in [-0.05, 0) is 20.3 Å². The van der Waals surface area contributed by atoms with Gasteiger partial charge in [-0.2, -0.15) is 18.3 Å². The Morgan fingerprint density at radius 2 is 2.00 bits per heavy atom. The van der Waals surface area contributed by atoms with Crippen molar-refractivity contribution in [3.8, 4) is 0 Å². The van der Waals surface area contributed by atoms with Crippen molar-refractivity contribution >= 4 is 5.69 Å². The van der Waals surface area contributed by atoms with E-state index in [-0.39, 0.29) is 6.61 Å². The van der Waals surface area contributed by atoms with Crippen molar-refractivity contribution in [1.29, 1.82) is 0 Å². The van der Waals surface area contributed by atoms with E-state index in [1.807, 2.05) is 6.92 Å². The number of alkyl halides is 3. The van der Waals surface area contributed by atoms with Crippen LogP contribution in [0.3, 0.4) is 0 Å². The molecule has 17 heavy (non-hydrogen) atoms. The van der Waals surface area contributed by atoms with Crippen LogP contribution in [0.15, 0.2) is 0 Å². The molecule has 0 atom stereocenters. The number of hydrogen-bond donors (Lipinski definition) is 1. The van der Waals surface area contributed by atoms with Gasteiger partial charge in [0.25, 0.3) is 0 Å². The summed E-state index contributed by atoms with van der Waals surface area (Å²) in [5.74, 6) is 0. The first-order chi connectivity index (χ1) is 7.81. The standard InChI is InChI=1S/C10H16F3N3O/c1-7-9(14)8(2)16(15-7)4-3-5-17-6-10(11,12)13/h3-6,14H2,1-2H3. The minimum atomic E-state index is -4.26. The Balaban J connectivity index is 2.29. The lowest BCUT2D eigenvalue weighted by molar-refractivity contribution is -0.174. The molecule has 1 aromatic rings. The maximum atomic E-state index is 11.8. The molecule has 0 saturated carbocycles. The van der Waals surface area contributed by atoms with Gasteiger partial charge in [0.1, 0.15) is 6.61 Å². The van der Waals surface area contributed by atoms with Crippen LogP contribution in [-0.2, 0) is 11.3 Å². The molecule has 1 rings (SSSR count). The fourth-order valence-electron chi connectivity index (χ4n) is 1.43. The third-order valence-corrected chi connectivity index (χ3v) is 2.36. The number of nitrogen functional groups attached to an aromatic ring is 1. The summed E-state index contributed by atoms with van der Waals surface area (Å²) in [6, 6.07) is 0. The first-order valence-electron chi connectivity index (χ1n) is 5.25. The summed E-state index contributed by atoms with van der Waals surface area (Å²) in [5, 5.41) is 4.17. The lowest BCUT2D eigenvalue weighted by Gasteiger charge is -2.08. The monoisotopic (exact) mass is 251 g/mol. The highest BCUT2D eigenvalue weighted by Crippen LogP contribution is 2.16. The fraction of sp³-hybridized carbons (Fsp3) is 0.700. The van der Waals surface area contributed by atoms with E-state index in [0.717, 1.165) is 11.4 Å². The maximum absolute atomic E-state index is 11.8. The van der Waals surface area contributed by atoms with Gasteiger partial charge in [0.05, 0.1) is 17.1 Å². The lowest BCUT2D eigenvalue weighted by Crippen LogP contribution is -2.18. The molecule has 1 aromatic heterocycles. The van der Waals surface area contributed by atoms with E-state index in [2.05, 4.69) is 9.84 Å². The van der Waals surface area contributed by atoms with Crippen LogP contribution in [0.5, 0.6) is 0 Å². The molecule has 0 aromatic carbocycles. The molecule has 2 N–H and O–H groups in total. The highest BCUT2D eigenvalue weighted by atomic mass is 19.4. The van der Waals surface area contributed by atoms with Crippen molar-refractivity contribution in [2.45, 2.75) is 33.0 Å². The minimum Gasteiger partial charge on any atom is -0.396 e. The summed E-state index contributed by atoms with van der Waals surface area (Å²) in [6.45, 7) is 2.97. The summed E-state index contributed by atoms with van der Waals surface area (Å²) in [5.41, 5.74) is 7.92. The van der Waals surface area contributed by atoms with Crippen molar-refractivity contribution in [3.63, 3.8) is 0 Å².